The van der Waals surface area contributed by atoms with E-state index in [1.165, 1.54) is 18.2 Å². The zero-order valence-corrected chi connectivity index (χ0v) is 18.7. The quantitative estimate of drug-likeness (QED) is 0.293. The summed E-state index contributed by atoms with van der Waals surface area (Å²) in [4.78, 5) is 18.7. The van der Waals surface area contributed by atoms with Crippen molar-refractivity contribution < 1.29 is 9.18 Å². The number of aromatic amines is 1. The van der Waals surface area contributed by atoms with Gasteiger partial charge in [0, 0.05) is 32.6 Å². The molecule has 5 rings (SSSR count). The highest BCUT2D eigenvalue weighted by molar-refractivity contribution is 7.99. The van der Waals surface area contributed by atoms with Crippen molar-refractivity contribution in [1.82, 2.24) is 15.2 Å². The number of amides is 1. The average molecular weight is 467 g/mol. The summed E-state index contributed by atoms with van der Waals surface area (Å²) in [6.45, 7) is 0. The lowest BCUT2D eigenvalue weighted by Gasteiger charge is -2.07. The van der Waals surface area contributed by atoms with Crippen molar-refractivity contribution in [2.24, 2.45) is 0 Å². The first-order valence-corrected chi connectivity index (χ1v) is 11.4. The van der Waals surface area contributed by atoms with Crippen LogP contribution >= 0.6 is 11.8 Å². The van der Waals surface area contributed by atoms with Gasteiger partial charge in [0.05, 0.1) is 16.9 Å². The lowest BCUT2D eigenvalue weighted by Crippen LogP contribution is -2.11. The molecule has 0 fully saturated rings. The van der Waals surface area contributed by atoms with Gasteiger partial charge in [-0.05, 0) is 84.9 Å². The number of rotatable bonds is 6. The zero-order valence-electron chi connectivity index (χ0n) is 17.9. The molecule has 2 aromatic heterocycles. The first-order chi connectivity index (χ1) is 16.6. The topological polar surface area (TPSA) is 70.7 Å². The summed E-state index contributed by atoms with van der Waals surface area (Å²) in [7, 11) is 0. The molecular formula is C27H19FN4OS. The van der Waals surface area contributed by atoms with Gasteiger partial charge in [-0.25, -0.2) is 4.39 Å². The third-order valence-corrected chi connectivity index (χ3v) is 6.10. The number of fused-ring (bicyclic) bond motifs is 1. The number of hydrogen-bond donors (Lipinski definition) is 2. The Balaban J connectivity index is 1.26. The van der Waals surface area contributed by atoms with Crippen LogP contribution in [0.1, 0.15) is 21.7 Å². The molecule has 0 atom stereocenters. The molecule has 0 aliphatic rings. The van der Waals surface area contributed by atoms with Gasteiger partial charge < -0.3 is 5.32 Å². The molecule has 2 N–H and O–H groups in total. The molecule has 0 saturated heterocycles. The molecule has 5 aromatic rings. The molecule has 0 saturated carbocycles. The van der Waals surface area contributed by atoms with Gasteiger partial charge in [0.25, 0.3) is 5.91 Å². The summed E-state index contributed by atoms with van der Waals surface area (Å²) in [5.74, 6) is -0.789. The van der Waals surface area contributed by atoms with Gasteiger partial charge in [-0.1, -0.05) is 23.9 Å². The largest absolute Gasteiger partial charge is 0.322 e. The maximum Gasteiger partial charge on any atom is 0.255 e. The monoisotopic (exact) mass is 466 g/mol. The second kappa shape index (κ2) is 9.72. The van der Waals surface area contributed by atoms with Gasteiger partial charge in [0.2, 0.25) is 0 Å². The molecule has 3 aromatic carbocycles. The number of halogens is 1. The van der Waals surface area contributed by atoms with E-state index in [4.69, 9.17) is 0 Å². The van der Waals surface area contributed by atoms with E-state index in [2.05, 4.69) is 32.6 Å². The van der Waals surface area contributed by atoms with Crippen LogP contribution in [-0.4, -0.2) is 21.1 Å². The van der Waals surface area contributed by atoms with Crippen LogP contribution in [0.15, 0.2) is 101 Å². The SMILES string of the molecule is O=C(Nc1ccc(Sc2ccc3c(/C=C/c4ccccn4)n[nH]c3c2)cc1)c1cccc(F)c1. The van der Waals surface area contributed by atoms with Crippen LogP contribution in [0.5, 0.6) is 0 Å². The fraction of sp³-hybridized carbons (Fsp3) is 0. The summed E-state index contributed by atoms with van der Waals surface area (Å²) in [5.41, 5.74) is 3.61. The van der Waals surface area contributed by atoms with Crippen molar-refractivity contribution in [2.45, 2.75) is 9.79 Å². The Morgan fingerprint density at radius 3 is 2.56 bits per heavy atom. The van der Waals surface area contributed by atoms with Crippen LogP contribution in [0.25, 0.3) is 23.1 Å². The first kappa shape index (κ1) is 21.6. The molecule has 166 valence electrons. The molecule has 0 radical (unpaired) electrons. The molecule has 2 heterocycles. The lowest BCUT2D eigenvalue weighted by atomic mass is 10.2. The van der Waals surface area contributed by atoms with Crippen molar-refractivity contribution in [3.05, 3.63) is 114 Å². The van der Waals surface area contributed by atoms with Crippen LogP contribution in [0, 0.1) is 5.82 Å². The minimum atomic E-state index is -0.440. The van der Waals surface area contributed by atoms with E-state index in [1.54, 1.807) is 24.0 Å². The van der Waals surface area contributed by atoms with Crippen LogP contribution in [0.3, 0.4) is 0 Å². The van der Waals surface area contributed by atoms with Gasteiger partial charge in [-0.3, -0.25) is 14.9 Å². The number of benzene rings is 3. The minimum Gasteiger partial charge on any atom is -0.322 e. The van der Waals surface area contributed by atoms with E-state index >= 15 is 0 Å². The van der Waals surface area contributed by atoms with E-state index < -0.39 is 5.82 Å². The van der Waals surface area contributed by atoms with E-state index in [1.807, 2.05) is 60.7 Å². The average Bonchev–Trinajstić information content (AvgIpc) is 3.27. The van der Waals surface area contributed by atoms with Gasteiger partial charge in [0.1, 0.15) is 5.82 Å². The lowest BCUT2D eigenvalue weighted by molar-refractivity contribution is 0.102. The Morgan fingerprint density at radius 1 is 0.912 bits per heavy atom. The maximum atomic E-state index is 13.3. The molecule has 7 heteroatoms. The molecule has 0 aliphatic carbocycles. The summed E-state index contributed by atoms with van der Waals surface area (Å²) in [6, 6.07) is 25.1. The normalized spacial score (nSPS) is 11.2. The Morgan fingerprint density at radius 2 is 1.76 bits per heavy atom. The van der Waals surface area contributed by atoms with Gasteiger partial charge in [-0.2, -0.15) is 5.10 Å². The molecule has 1 amide bonds. The van der Waals surface area contributed by atoms with Crippen LogP contribution in [0.4, 0.5) is 10.1 Å². The number of pyridine rings is 1. The number of H-pyrrole nitrogens is 1. The van der Waals surface area contributed by atoms with Crippen molar-refractivity contribution in [3.63, 3.8) is 0 Å². The van der Waals surface area contributed by atoms with Gasteiger partial charge >= 0.3 is 0 Å². The predicted octanol–water partition coefficient (Wildman–Crippen LogP) is 6.67. The van der Waals surface area contributed by atoms with Crippen LogP contribution in [-0.2, 0) is 0 Å². The fourth-order valence-electron chi connectivity index (χ4n) is 3.42. The number of aromatic nitrogens is 3. The summed E-state index contributed by atoms with van der Waals surface area (Å²) in [6.07, 6.45) is 5.65. The first-order valence-electron chi connectivity index (χ1n) is 10.6. The highest BCUT2D eigenvalue weighted by atomic mass is 32.2. The Bertz CT molecular complexity index is 1480. The summed E-state index contributed by atoms with van der Waals surface area (Å²) >= 11 is 1.61. The summed E-state index contributed by atoms with van der Waals surface area (Å²) < 4.78 is 13.3. The molecule has 5 nitrogen and oxygen atoms in total. The molecular weight excluding hydrogens is 447 g/mol. The zero-order chi connectivity index (χ0) is 23.3. The van der Waals surface area contributed by atoms with E-state index in [9.17, 15) is 9.18 Å². The molecule has 0 aliphatic heterocycles. The van der Waals surface area contributed by atoms with Crippen molar-refractivity contribution in [3.8, 4) is 0 Å². The fourth-order valence-corrected chi connectivity index (χ4v) is 4.28. The highest BCUT2D eigenvalue weighted by Gasteiger charge is 2.08. The number of nitrogens with zero attached hydrogens (tertiary/aromatic N) is 2. The van der Waals surface area contributed by atoms with Gasteiger partial charge in [-0.15, -0.1) is 0 Å². The number of carbonyl (C=O) groups excluding carboxylic acids is 1. The standard InChI is InChI=1S/C27H19FN4OS/c28-19-5-3-4-18(16-19)27(33)30-21-7-10-22(11-8-21)34-23-12-13-24-25(31-32-26(24)17-23)14-9-20-6-1-2-15-29-20/h1-17H,(H,30,33)(H,31,32)/b14-9+. The van der Waals surface area contributed by atoms with Crippen molar-refractivity contribution >= 4 is 46.4 Å². The molecule has 0 spiro atoms. The number of anilines is 1. The van der Waals surface area contributed by atoms with E-state index in [0.717, 1.165) is 32.1 Å². The van der Waals surface area contributed by atoms with Crippen LogP contribution < -0.4 is 5.32 Å². The Hall–Kier alpha value is -4.23. The van der Waals surface area contributed by atoms with E-state index in [0.29, 0.717) is 5.69 Å². The molecule has 34 heavy (non-hydrogen) atoms. The number of hydrogen-bond acceptors (Lipinski definition) is 4. The third-order valence-electron chi connectivity index (χ3n) is 5.10. The predicted molar refractivity (Wildman–Crippen MR) is 134 cm³/mol. The second-order valence-electron chi connectivity index (χ2n) is 7.50. The van der Waals surface area contributed by atoms with Crippen molar-refractivity contribution in [1.29, 1.82) is 0 Å². The Kier molecular flexibility index (Phi) is 6.18. The van der Waals surface area contributed by atoms with Gasteiger partial charge in [0.15, 0.2) is 0 Å². The minimum absolute atomic E-state index is 0.278. The van der Waals surface area contributed by atoms with Crippen LogP contribution in [0.2, 0.25) is 0 Å². The molecule has 0 unspecified atom stereocenters. The molecule has 0 bridgehead atoms. The number of carbonyl (C=O) groups is 1. The Labute approximate surface area is 199 Å². The smallest absolute Gasteiger partial charge is 0.255 e. The second-order valence-corrected chi connectivity index (χ2v) is 8.64. The van der Waals surface area contributed by atoms with E-state index in [-0.39, 0.29) is 11.5 Å². The highest BCUT2D eigenvalue weighted by Crippen LogP contribution is 2.31. The third kappa shape index (κ3) is 5.05. The van der Waals surface area contributed by atoms with Crippen molar-refractivity contribution in [2.75, 3.05) is 5.32 Å². The number of nitrogens with one attached hydrogen (secondary N) is 2. The summed E-state index contributed by atoms with van der Waals surface area (Å²) in [5, 5.41) is 11.3. The maximum absolute atomic E-state index is 13.3.